The average Bonchev–Trinajstić information content (AvgIpc) is 2.81. The van der Waals surface area contributed by atoms with Crippen LogP contribution in [0, 0.1) is 0 Å². The van der Waals surface area contributed by atoms with Gasteiger partial charge < -0.3 is 15.3 Å². The van der Waals surface area contributed by atoms with Crippen LogP contribution >= 0.6 is 0 Å². The van der Waals surface area contributed by atoms with Gasteiger partial charge in [-0.3, -0.25) is 4.48 Å². The van der Waals surface area contributed by atoms with Gasteiger partial charge in [0.2, 0.25) is 0 Å². The molecule has 3 N–H and O–H groups in total. The predicted octanol–water partition coefficient (Wildman–Crippen LogP) is 6.65. The van der Waals surface area contributed by atoms with Crippen LogP contribution in [0.2, 0.25) is 0 Å². The number of carbonyl (C=O) groups is 3. The maximum absolute atomic E-state index is 12.5. The van der Waals surface area contributed by atoms with E-state index in [9.17, 15) is 29.7 Å². The molecule has 0 saturated heterocycles. The van der Waals surface area contributed by atoms with Crippen molar-refractivity contribution >= 4 is 17.9 Å². The first kappa shape index (κ1) is 33.1. The van der Waals surface area contributed by atoms with Gasteiger partial charge in [-0.25, -0.2) is 14.4 Å². The van der Waals surface area contributed by atoms with Gasteiger partial charge in [-0.1, -0.05) is 59.1 Å². The summed E-state index contributed by atoms with van der Waals surface area (Å²) in [6.07, 6.45) is 16.2. The van der Waals surface area contributed by atoms with Gasteiger partial charge in [-0.2, -0.15) is 0 Å². The van der Waals surface area contributed by atoms with Gasteiger partial charge in [0.1, 0.15) is 0 Å². The summed E-state index contributed by atoms with van der Waals surface area (Å²) in [6.45, 7) is 8.05. The van der Waals surface area contributed by atoms with Crippen LogP contribution in [0.5, 0.6) is 0 Å². The highest BCUT2D eigenvalue weighted by atomic mass is 16.4. The number of nitrogens with zero attached hydrogens (tertiary/aromatic N) is 1. The molecule has 0 aliphatic rings. The van der Waals surface area contributed by atoms with E-state index in [1.165, 1.54) is 25.7 Å². The first-order valence-electron chi connectivity index (χ1n) is 13.9. The molecule has 0 rings (SSSR count). The molecule has 204 valence electrons. The molecule has 0 aliphatic carbocycles. The van der Waals surface area contributed by atoms with Crippen LogP contribution in [-0.4, -0.2) is 62.4 Å². The Morgan fingerprint density at radius 3 is 1.26 bits per heavy atom. The van der Waals surface area contributed by atoms with Crippen LogP contribution in [0.1, 0.15) is 124 Å². The monoisotopic (exact) mass is 498 g/mol. The quantitative estimate of drug-likeness (QED) is 0.0826. The Hall–Kier alpha value is -1.89. The highest BCUT2D eigenvalue weighted by molar-refractivity contribution is 5.78. The third-order valence-electron chi connectivity index (χ3n) is 7.09. The third-order valence-corrected chi connectivity index (χ3v) is 7.09. The van der Waals surface area contributed by atoms with E-state index in [4.69, 9.17) is 0 Å². The fraction of sp³-hybridized carbons (Fsp3) is 0.821. The van der Waals surface area contributed by atoms with Crippen molar-refractivity contribution in [2.45, 2.75) is 142 Å². The van der Waals surface area contributed by atoms with E-state index >= 15 is 0 Å². The summed E-state index contributed by atoms with van der Waals surface area (Å²) in [6, 6.07) is -3.16. The second kappa shape index (κ2) is 19.3. The molecule has 0 aliphatic heterocycles. The van der Waals surface area contributed by atoms with Crippen LogP contribution in [0.3, 0.4) is 0 Å². The van der Waals surface area contributed by atoms with Crippen molar-refractivity contribution in [2.24, 2.45) is 0 Å². The number of allylic oxidation sites excluding steroid dienone is 2. The lowest BCUT2D eigenvalue weighted by Crippen LogP contribution is -2.72. The largest absolute Gasteiger partial charge is 0.477 e. The summed E-state index contributed by atoms with van der Waals surface area (Å²) in [5.41, 5.74) is 0. The maximum Gasteiger partial charge on any atom is 0.362 e. The number of rotatable bonds is 23. The molecule has 0 radical (unpaired) electrons. The molecule has 0 aromatic heterocycles. The number of carboxylic acid groups (broad SMARTS) is 3. The minimum atomic E-state index is -1.09. The lowest BCUT2D eigenvalue weighted by Gasteiger charge is -2.50. The number of hydrogen-bond acceptors (Lipinski definition) is 3. The molecule has 7 heteroatoms. The minimum absolute atomic E-state index is 0.256. The van der Waals surface area contributed by atoms with Crippen molar-refractivity contribution < 1.29 is 34.2 Å². The third kappa shape index (κ3) is 11.1. The molecule has 0 saturated carbocycles. The highest BCUT2D eigenvalue weighted by Gasteiger charge is 2.56. The Morgan fingerprint density at radius 1 is 0.571 bits per heavy atom. The van der Waals surface area contributed by atoms with E-state index in [0.717, 1.165) is 25.7 Å². The van der Waals surface area contributed by atoms with Crippen LogP contribution in [0.4, 0.5) is 0 Å². The molecule has 0 bridgehead atoms. The number of quaternary nitrogens is 1. The number of aliphatic carboxylic acids is 3. The molecule has 3 unspecified atom stereocenters. The Kier molecular flexibility index (Phi) is 18.3. The summed E-state index contributed by atoms with van der Waals surface area (Å²) in [5, 5.41) is 30.6. The van der Waals surface area contributed by atoms with Crippen molar-refractivity contribution in [3.05, 3.63) is 12.2 Å². The highest BCUT2D eigenvalue weighted by Crippen LogP contribution is 2.34. The molecule has 3 atom stereocenters. The number of carboxylic acids is 3. The van der Waals surface area contributed by atoms with Crippen LogP contribution in [-0.2, 0) is 14.4 Å². The van der Waals surface area contributed by atoms with E-state index in [0.29, 0.717) is 25.7 Å². The van der Waals surface area contributed by atoms with Gasteiger partial charge in [0.15, 0.2) is 18.1 Å². The second-order valence-corrected chi connectivity index (χ2v) is 9.82. The van der Waals surface area contributed by atoms with Crippen LogP contribution < -0.4 is 0 Å². The van der Waals surface area contributed by atoms with Crippen LogP contribution in [0.25, 0.3) is 0 Å². The van der Waals surface area contributed by atoms with Gasteiger partial charge in [0, 0.05) is 19.3 Å². The van der Waals surface area contributed by atoms with Crippen LogP contribution in [0.15, 0.2) is 12.2 Å². The summed E-state index contributed by atoms with van der Waals surface area (Å²) in [5.74, 6) is -3.28. The molecule has 0 amide bonds. The van der Waals surface area contributed by atoms with E-state index in [1.54, 1.807) is 0 Å². The van der Waals surface area contributed by atoms with Gasteiger partial charge in [-0.15, -0.1) is 0 Å². The fourth-order valence-corrected chi connectivity index (χ4v) is 5.40. The van der Waals surface area contributed by atoms with Gasteiger partial charge in [-0.05, 0) is 57.8 Å². The maximum atomic E-state index is 12.5. The summed E-state index contributed by atoms with van der Waals surface area (Å²) >= 11 is 0. The Balaban J connectivity index is 5.78. The zero-order valence-corrected chi connectivity index (χ0v) is 22.7. The second-order valence-electron chi connectivity index (χ2n) is 9.82. The Labute approximate surface area is 213 Å². The molecule has 0 spiro atoms. The Bertz CT molecular complexity index is 573. The zero-order chi connectivity index (χ0) is 26.7. The van der Waals surface area contributed by atoms with Crippen molar-refractivity contribution in [3.8, 4) is 0 Å². The topological polar surface area (TPSA) is 112 Å². The average molecular weight is 499 g/mol. The zero-order valence-electron chi connectivity index (χ0n) is 22.7. The Morgan fingerprint density at radius 2 is 0.943 bits per heavy atom. The van der Waals surface area contributed by atoms with Crippen molar-refractivity contribution in [1.82, 2.24) is 0 Å². The van der Waals surface area contributed by atoms with E-state index in [-0.39, 0.29) is 30.3 Å². The summed E-state index contributed by atoms with van der Waals surface area (Å²) in [7, 11) is 0. The fourth-order valence-electron chi connectivity index (χ4n) is 5.40. The van der Waals surface area contributed by atoms with Crippen molar-refractivity contribution in [1.29, 1.82) is 0 Å². The van der Waals surface area contributed by atoms with Crippen molar-refractivity contribution in [3.63, 3.8) is 0 Å². The predicted molar refractivity (Wildman–Crippen MR) is 140 cm³/mol. The lowest BCUT2D eigenvalue weighted by atomic mass is 9.91. The SMILES string of the molecule is CCCCCC/C=C/CCCCC[N+](C(CCC)C(=O)O)(C(CCC)C(=O)O)C(CCC)C(=O)O. The molecule has 0 heterocycles. The summed E-state index contributed by atoms with van der Waals surface area (Å²) < 4.78 is -0.386. The molecule has 0 aromatic rings. The summed E-state index contributed by atoms with van der Waals surface area (Å²) in [4.78, 5) is 37.5. The molecule has 0 aromatic carbocycles. The van der Waals surface area contributed by atoms with Gasteiger partial charge in [0.05, 0.1) is 6.54 Å². The molecular weight excluding hydrogens is 446 g/mol. The molecule has 0 fully saturated rings. The first-order valence-corrected chi connectivity index (χ1v) is 13.9. The molecule has 35 heavy (non-hydrogen) atoms. The van der Waals surface area contributed by atoms with Gasteiger partial charge in [0.25, 0.3) is 0 Å². The molecule has 7 nitrogen and oxygen atoms in total. The lowest BCUT2D eigenvalue weighted by molar-refractivity contribution is -0.973. The van der Waals surface area contributed by atoms with Gasteiger partial charge >= 0.3 is 17.9 Å². The first-order chi connectivity index (χ1) is 16.7. The number of unbranched alkanes of at least 4 members (excludes halogenated alkanes) is 7. The normalized spacial score (nSPS) is 16.0. The number of hydrogen-bond donors (Lipinski definition) is 3. The molecular formula is C28H52NO6+. The van der Waals surface area contributed by atoms with E-state index in [1.807, 2.05) is 20.8 Å². The van der Waals surface area contributed by atoms with E-state index in [2.05, 4.69) is 19.1 Å². The smallest absolute Gasteiger partial charge is 0.362 e. The standard InChI is InChI=1S/C28H51NO6/c1-5-9-10-11-12-13-14-15-16-17-18-22-29(23(19-6-2)26(30)31,24(20-7-3)27(32)33)25(21-8-4)28(34)35/h13-14,23-25H,5-12,15-22H2,1-4H3,(H2-,30,31,32,33,34,35)/p+1/b14-13+. The van der Waals surface area contributed by atoms with Crippen molar-refractivity contribution in [2.75, 3.05) is 6.54 Å². The van der Waals surface area contributed by atoms with E-state index < -0.39 is 36.0 Å². The minimum Gasteiger partial charge on any atom is -0.477 e.